The van der Waals surface area contributed by atoms with E-state index >= 15 is 0 Å². The summed E-state index contributed by atoms with van der Waals surface area (Å²) >= 11 is 0. The van der Waals surface area contributed by atoms with Gasteiger partial charge >= 0.3 is 0 Å². The van der Waals surface area contributed by atoms with Crippen molar-refractivity contribution in [2.75, 3.05) is 39.3 Å². The highest BCUT2D eigenvalue weighted by Crippen LogP contribution is 2.11. The van der Waals surface area contributed by atoms with Crippen molar-refractivity contribution in [2.24, 2.45) is 0 Å². The summed E-state index contributed by atoms with van der Waals surface area (Å²) in [6.07, 6.45) is 0.165. The molecular formula is C12H21N3O3. The highest BCUT2D eigenvalue weighted by atomic mass is 16.5. The third-order valence-electron chi connectivity index (χ3n) is 3.47. The smallest absolute Gasteiger partial charge is 0.239 e. The minimum Gasteiger partial charge on any atom is -0.376 e. The summed E-state index contributed by atoms with van der Waals surface area (Å²) in [4.78, 5) is 27.1. The summed E-state index contributed by atoms with van der Waals surface area (Å²) < 4.78 is 5.53. The van der Waals surface area contributed by atoms with Gasteiger partial charge in [-0.15, -0.1) is 0 Å². The Hall–Kier alpha value is -1.14. The van der Waals surface area contributed by atoms with Crippen LogP contribution in [-0.4, -0.2) is 73.1 Å². The quantitative estimate of drug-likeness (QED) is 0.691. The van der Waals surface area contributed by atoms with E-state index in [1.165, 1.54) is 0 Å². The highest BCUT2D eigenvalue weighted by Gasteiger charge is 2.28. The maximum absolute atomic E-state index is 12.1. The van der Waals surface area contributed by atoms with Crippen LogP contribution in [0.25, 0.3) is 0 Å². The van der Waals surface area contributed by atoms with E-state index in [2.05, 4.69) is 17.1 Å². The number of rotatable bonds is 2. The fourth-order valence-electron chi connectivity index (χ4n) is 2.32. The molecule has 0 aromatic heterocycles. The summed E-state index contributed by atoms with van der Waals surface area (Å²) in [5.74, 6) is -0.0382. The average Bonchev–Trinajstić information content (AvgIpc) is 2.34. The highest BCUT2D eigenvalue weighted by molar-refractivity contribution is 5.86. The molecule has 0 aliphatic carbocycles. The van der Waals surface area contributed by atoms with Crippen LogP contribution in [0.5, 0.6) is 0 Å². The third-order valence-corrected chi connectivity index (χ3v) is 3.47. The van der Waals surface area contributed by atoms with Gasteiger partial charge in [0.05, 0.1) is 25.8 Å². The van der Waals surface area contributed by atoms with Crippen LogP contribution in [0.15, 0.2) is 0 Å². The van der Waals surface area contributed by atoms with Crippen molar-refractivity contribution in [1.82, 2.24) is 15.1 Å². The Bertz CT molecular complexity index is 335. The van der Waals surface area contributed by atoms with E-state index in [-0.39, 0.29) is 30.5 Å². The Labute approximate surface area is 107 Å². The first kappa shape index (κ1) is 13.3. The second-order valence-electron chi connectivity index (χ2n) is 5.09. The minimum absolute atomic E-state index is 0.0331. The first-order chi connectivity index (χ1) is 8.56. The summed E-state index contributed by atoms with van der Waals surface area (Å²) in [7, 11) is 0. The Morgan fingerprint density at radius 1 is 1.50 bits per heavy atom. The van der Waals surface area contributed by atoms with Gasteiger partial charge in [-0.1, -0.05) is 0 Å². The lowest BCUT2D eigenvalue weighted by Crippen LogP contribution is -2.55. The number of nitrogens with zero attached hydrogens (tertiary/aromatic N) is 2. The van der Waals surface area contributed by atoms with Crippen LogP contribution >= 0.6 is 0 Å². The van der Waals surface area contributed by atoms with E-state index in [0.29, 0.717) is 26.2 Å². The van der Waals surface area contributed by atoms with Gasteiger partial charge in [0.2, 0.25) is 11.8 Å². The second-order valence-corrected chi connectivity index (χ2v) is 5.09. The van der Waals surface area contributed by atoms with Crippen LogP contribution in [0.3, 0.4) is 0 Å². The van der Waals surface area contributed by atoms with Gasteiger partial charge in [0.25, 0.3) is 0 Å². The lowest BCUT2D eigenvalue weighted by Gasteiger charge is -2.37. The lowest BCUT2D eigenvalue weighted by molar-refractivity contribution is -0.141. The molecule has 2 rings (SSSR count). The topological polar surface area (TPSA) is 61.9 Å². The standard InChI is InChI=1S/C12H21N3O3/c1-9-8-18-10(2)5-15(9)7-12(17)14-4-3-13-11(16)6-14/h9-10H,3-8H2,1-2H3,(H,13,16). The largest absolute Gasteiger partial charge is 0.376 e. The number of morpholine rings is 1. The number of ether oxygens (including phenoxy) is 1. The zero-order valence-electron chi connectivity index (χ0n) is 11.0. The second kappa shape index (κ2) is 5.67. The van der Waals surface area contributed by atoms with Gasteiger partial charge in [-0.3, -0.25) is 14.5 Å². The molecule has 2 unspecified atom stereocenters. The van der Waals surface area contributed by atoms with Crippen LogP contribution in [0.1, 0.15) is 13.8 Å². The van der Waals surface area contributed by atoms with Crippen LogP contribution < -0.4 is 5.32 Å². The van der Waals surface area contributed by atoms with E-state index in [4.69, 9.17) is 4.74 Å². The third kappa shape index (κ3) is 3.20. The van der Waals surface area contributed by atoms with Crippen molar-refractivity contribution in [1.29, 1.82) is 0 Å². The zero-order valence-corrected chi connectivity index (χ0v) is 11.0. The number of hydrogen-bond donors (Lipinski definition) is 1. The van der Waals surface area contributed by atoms with Gasteiger partial charge < -0.3 is 15.0 Å². The Morgan fingerprint density at radius 2 is 2.28 bits per heavy atom. The summed E-state index contributed by atoms with van der Waals surface area (Å²) in [6.45, 7) is 7.23. The number of piperazine rings is 1. The molecule has 0 radical (unpaired) electrons. The zero-order chi connectivity index (χ0) is 13.1. The molecule has 2 aliphatic heterocycles. The normalized spacial score (nSPS) is 30.1. The molecule has 2 amide bonds. The van der Waals surface area contributed by atoms with E-state index in [9.17, 15) is 9.59 Å². The Balaban J connectivity index is 1.87. The molecular weight excluding hydrogens is 234 g/mol. The number of carbonyl (C=O) groups is 2. The summed E-state index contributed by atoms with van der Waals surface area (Å²) in [5.41, 5.74) is 0. The number of carbonyl (C=O) groups excluding carboxylic acids is 2. The molecule has 0 saturated carbocycles. The van der Waals surface area contributed by atoms with Crippen LogP contribution in [0.2, 0.25) is 0 Å². The van der Waals surface area contributed by atoms with Gasteiger partial charge in [-0.05, 0) is 13.8 Å². The molecule has 2 heterocycles. The van der Waals surface area contributed by atoms with Crippen molar-refractivity contribution < 1.29 is 14.3 Å². The summed E-state index contributed by atoms with van der Waals surface area (Å²) in [6, 6.07) is 0.253. The average molecular weight is 255 g/mol. The molecule has 102 valence electrons. The maximum Gasteiger partial charge on any atom is 0.239 e. The Morgan fingerprint density at radius 3 is 3.00 bits per heavy atom. The van der Waals surface area contributed by atoms with Crippen molar-refractivity contribution >= 4 is 11.8 Å². The Kier molecular flexibility index (Phi) is 4.19. The monoisotopic (exact) mass is 255 g/mol. The van der Waals surface area contributed by atoms with Gasteiger partial charge in [-0.25, -0.2) is 0 Å². The summed E-state index contributed by atoms with van der Waals surface area (Å²) in [5, 5.41) is 2.72. The molecule has 0 aromatic carbocycles. The van der Waals surface area contributed by atoms with Crippen molar-refractivity contribution in [3.8, 4) is 0 Å². The first-order valence-electron chi connectivity index (χ1n) is 6.46. The first-order valence-corrected chi connectivity index (χ1v) is 6.46. The molecule has 0 aromatic rings. The fourth-order valence-corrected chi connectivity index (χ4v) is 2.32. The minimum atomic E-state index is -0.0713. The predicted octanol–water partition coefficient (Wildman–Crippen LogP) is -0.946. The molecule has 6 heteroatoms. The van der Waals surface area contributed by atoms with Gasteiger partial charge in [0.15, 0.2) is 0 Å². The molecule has 1 N–H and O–H groups in total. The van der Waals surface area contributed by atoms with Crippen molar-refractivity contribution in [3.63, 3.8) is 0 Å². The van der Waals surface area contributed by atoms with E-state index < -0.39 is 0 Å². The molecule has 18 heavy (non-hydrogen) atoms. The van der Waals surface area contributed by atoms with E-state index in [1.54, 1.807) is 4.90 Å². The number of amides is 2. The molecule has 2 fully saturated rings. The molecule has 6 nitrogen and oxygen atoms in total. The van der Waals surface area contributed by atoms with Gasteiger partial charge in [0.1, 0.15) is 0 Å². The molecule has 0 spiro atoms. The molecule has 2 aliphatic rings. The predicted molar refractivity (Wildman–Crippen MR) is 66.0 cm³/mol. The molecule has 0 bridgehead atoms. The van der Waals surface area contributed by atoms with Crippen molar-refractivity contribution in [2.45, 2.75) is 26.0 Å². The van der Waals surface area contributed by atoms with E-state index in [0.717, 1.165) is 6.54 Å². The maximum atomic E-state index is 12.1. The SMILES string of the molecule is CC1CN(CC(=O)N2CCNC(=O)C2)C(C)CO1. The van der Waals surface area contributed by atoms with Crippen LogP contribution in [-0.2, 0) is 14.3 Å². The van der Waals surface area contributed by atoms with Crippen LogP contribution in [0, 0.1) is 0 Å². The number of nitrogens with one attached hydrogen (secondary N) is 1. The van der Waals surface area contributed by atoms with Gasteiger partial charge in [-0.2, -0.15) is 0 Å². The molecule has 2 atom stereocenters. The molecule has 2 saturated heterocycles. The van der Waals surface area contributed by atoms with Crippen molar-refractivity contribution in [3.05, 3.63) is 0 Å². The van der Waals surface area contributed by atoms with E-state index in [1.807, 2.05) is 6.92 Å². The number of hydrogen-bond acceptors (Lipinski definition) is 4. The van der Waals surface area contributed by atoms with Crippen LogP contribution in [0.4, 0.5) is 0 Å². The lowest BCUT2D eigenvalue weighted by atomic mass is 10.2. The fraction of sp³-hybridized carbons (Fsp3) is 0.833. The van der Waals surface area contributed by atoms with Gasteiger partial charge in [0, 0.05) is 25.7 Å².